The number of benzene rings is 1. The maximum absolute atomic E-state index is 2.45. The Bertz CT molecular complexity index is 336. The van der Waals surface area contributed by atoms with Gasteiger partial charge in [-0.15, -0.1) is 8.20 Å². The first-order chi connectivity index (χ1) is 7.55. The van der Waals surface area contributed by atoms with Gasteiger partial charge in [-0.1, -0.05) is 63.3 Å². The lowest BCUT2D eigenvalue weighted by Gasteiger charge is -2.21. The molecule has 0 radical (unpaired) electrons. The topological polar surface area (TPSA) is 0 Å². The van der Waals surface area contributed by atoms with E-state index in [9.17, 15) is 0 Å². The van der Waals surface area contributed by atoms with E-state index >= 15 is 0 Å². The SMILES string of the molecule is CCCCP=C(c1ccccc1)[Si](C)(C)C. The second kappa shape index (κ2) is 6.37. The van der Waals surface area contributed by atoms with Gasteiger partial charge in [0, 0.05) is 0 Å². The highest BCUT2D eigenvalue weighted by molar-refractivity contribution is 7.51. The van der Waals surface area contributed by atoms with Gasteiger partial charge in [0.15, 0.2) is 0 Å². The lowest BCUT2D eigenvalue weighted by Crippen LogP contribution is -2.32. The van der Waals surface area contributed by atoms with Gasteiger partial charge in [-0.05, 0) is 23.1 Å². The van der Waals surface area contributed by atoms with Gasteiger partial charge in [0.25, 0.3) is 0 Å². The van der Waals surface area contributed by atoms with Gasteiger partial charge in [0.05, 0.1) is 8.07 Å². The Balaban J connectivity index is 2.93. The number of hydrogen-bond acceptors (Lipinski definition) is 0. The van der Waals surface area contributed by atoms with E-state index in [0.29, 0.717) is 0 Å². The van der Waals surface area contributed by atoms with Crippen molar-refractivity contribution in [1.29, 1.82) is 0 Å². The first-order valence-corrected chi connectivity index (χ1v) is 10.7. The summed E-state index contributed by atoms with van der Waals surface area (Å²) in [4.78, 5) is 1.71. The van der Waals surface area contributed by atoms with Crippen molar-refractivity contribution in [3.05, 3.63) is 35.9 Å². The van der Waals surface area contributed by atoms with E-state index in [1.54, 1.807) is 13.1 Å². The number of unbranched alkanes of at least 4 members (excludes halogenated alkanes) is 1. The van der Waals surface area contributed by atoms with Gasteiger partial charge in [-0.25, -0.2) is 0 Å². The average molecular weight is 250 g/mol. The quantitative estimate of drug-likeness (QED) is 0.399. The molecule has 0 saturated carbocycles. The molecule has 0 fully saturated rings. The van der Waals surface area contributed by atoms with Gasteiger partial charge < -0.3 is 0 Å². The largest absolute Gasteiger partial charge is 0.105 e. The molecule has 1 aromatic carbocycles. The van der Waals surface area contributed by atoms with Crippen molar-refractivity contribution in [1.82, 2.24) is 0 Å². The molecule has 0 spiro atoms. The molecule has 1 aromatic rings. The maximum Gasteiger partial charge on any atom is 0.0838 e. The molecule has 0 bridgehead atoms. The monoisotopic (exact) mass is 250 g/mol. The predicted molar refractivity (Wildman–Crippen MR) is 80.6 cm³/mol. The Labute approximate surface area is 103 Å². The van der Waals surface area contributed by atoms with Crippen molar-refractivity contribution in [2.75, 3.05) is 6.16 Å². The Morgan fingerprint density at radius 2 is 1.75 bits per heavy atom. The first kappa shape index (κ1) is 13.7. The molecule has 0 unspecified atom stereocenters. The molecular weight excluding hydrogens is 227 g/mol. The van der Waals surface area contributed by atoms with Gasteiger partial charge in [0.2, 0.25) is 0 Å². The minimum atomic E-state index is -1.17. The van der Waals surface area contributed by atoms with Crippen LogP contribution < -0.4 is 0 Å². The fraction of sp³-hybridized carbons (Fsp3) is 0.500. The minimum absolute atomic E-state index is 1.17. The molecule has 0 aliphatic carbocycles. The van der Waals surface area contributed by atoms with Gasteiger partial charge in [0.1, 0.15) is 0 Å². The lowest BCUT2D eigenvalue weighted by molar-refractivity contribution is 0.896. The molecular formula is C14H23PSi. The molecule has 0 heterocycles. The fourth-order valence-electron chi connectivity index (χ4n) is 1.71. The summed E-state index contributed by atoms with van der Waals surface area (Å²) in [5.74, 6) is 0. The van der Waals surface area contributed by atoms with Crippen LogP contribution >= 0.6 is 8.20 Å². The Morgan fingerprint density at radius 1 is 1.12 bits per heavy atom. The molecule has 1 rings (SSSR count). The Kier molecular flexibility index (Phi) is 5.44. The molecule has 0 aliphatic rings. The third kappa shape index (κ3) is 4.23. The van der Waals surface area contributed by atoms with Crippen LogP contribution in [0.2, 0.25) is 19.6 Å². The van der Waals surface area contributed by atoms with Crippen LogP contribution in [0.3, 0.4) is 0 Å². The normalized spacial score (nSPS) is 12.9. The van der Waals surface area contributed by atoms with Crippen LogP contribution in [0.1, 0.15) is 25.3 Å². The van der Waals surface area contributed by atoms with E-state index in [0.717, 1.165) is 0 Å². The summed E-state index contributed by atoms with van der Waals surface area (Å²) in [7, 11) is 0.388. The summed E-state index contributed by atoms with van der Waals surface area (Å²) in [5.41, 5.74) is 1.47. The molecule has 0 aliphatic heterocycles. The second-order valence-electron chi connectivity index (χ2n) is 5.20. The summed E-state index contributed by atoms with van der Waals surface area (Å²) in [6.07, 6.45) is 3.98. The van der Waals surface area contributed by atoms with Gasteiger partial charge in [-0.3, -0.25) is 0 Å². The summed E-state index contributed by atoms with van der Waals surface area (Å²) in [6, 6.07) is 11.0. The van der Waals surface area contributed by atoms with Crippen molar-refractivity contribution >= 4 is 21.2 Å². The highest BCUT2D eigenvalue weighted by Gasteiger charge is 2.20. The van der Waals surface area contributed by atoms with E-state index in [-0.39, 0.29) is 0 Å². The fourth-order valence-corrected chi connectivity index (χ4v) is 6.00. The second-order valence-corrected chi connectivity index (χ2v) is 11.8. The van der Waals surface area contributed by atoms with Crippen molar-refractivity contribution in [3.63, 3.8) is 0 Å². The molecule has 88 valence electrons. The molecule has 0 N–H and O–H groups in total. The Hall–Kier alpha value is -0.393. The summed E-state index contributed by atoms with van der Waals surface area (Å²) >= 11 is 0. The van der Waals surface area contributed by atoms with E-state index < -0.39 is 8.07 Å². The maximum atomic E-state index is 2.45. The predicted octanol–water partition coefficient (Wildman–Crippen LogP) is 4.83. The molecule has 0 aromatic heterocycles. The van der Waals surface area contributed by atoms with Crippen LogP contribution in [0.5, 0.6) is 0 Å². The van der Waals surface area contributed by atoms with E-state index in [1.165, 1.54) is 24.6 Å². The zero-order valence-electron chi connectivity index (χ0n) is 11.0. The number of rotatable bonds is 5. The van der Waals surface area contributed by atoms with Crippen molar-refractivity contribution in [3.8, 4) is 0 Å². The van der Waals surface area contributed by atoms with Crippen molar-refractivity contribution < 1.29 is 0 Å². The first-order valence-electron chi connectivity index (χ1n) is 6.16. The van der Waals surface area contributed by atoms with Gasteiger partial charge in [-0.2, -0.15) is 0 Å². The third-order valence-corrected chi connectivity index (χ3v) is 7.85. The van der Waals surface area contributed by atoms with Crippen LogP contribution in [-0.2, 0) is 0 Å². The molecule has 0 atom stereocenters. The highest BCUT2D eigenvalue weighted by atomic mass is 31.1. The Morgan fingerprint density at radius 3 is 2.25 bits per heavy atom. The summed E-state index contributed by atoms with van der Waals surface area (Å²) in [6.45, 7) is 9.63. The van der Waals surface area contributed by atoms with Crippen molar-refractivity contribution in [2.45, 2.75) is 39.4 Å². The van der Waals surface area contributed by atoms with E-state index in [4.69, 9.17) is 0 Å². The smallest absolute Gasteiger partial charge is 0.0838 e. The summed E-state index contributed by atoms with van der Waals surface area (Å²) < 4.78 is 0. The molecule has 0 amide bonds. The minimum Gasteiger partial charge on any atom is -0.105 e. The van der Waals surface area contributed by atoms with Crippen LogP contribution in [0, 0.1) is 0 Å². The molecule has 16 heavy (non-hydrogen) atoms. The number of hydrogen-bond donors (Lipinski definition) is 0. The van der Waals surface area contributed by atoms with E-state index in [1.807, 2.05) is 0 Å². The van der Waals surface area contributed by atoms with Crippen LogP contribution in [0.15, 0.2) is 30.3 Å². The molecule has 2 heteroatoms. The van der Waals surface area contributed by atoms with Gasteiger partial charge >= 0.3 is 0 Å². The van der Waals surface area contributed by atoms with Crippen LogP contribution in [-0.4, -0.2) is 19.2 Å². The van der Waals surface area contributed by atoms with Crippen molar-refractivity contribution in [2.24, 2.45) is 0 Å². The van der Waals surface area contributed by atoms with E-state index in [2.05, 4.69) is 56.9 Å². The van der Waals surface area contributed by atoms with Crippen LogP contribution in [0.25, 0.3) is 0 Å². The lowest BCUT2D eigenvalue weighted by atomic mass is 10.2. The highest BCUT2D eigenvalue weighted by Crippen LogP contribution is 2.20. The molecule has 0 nitrogen and oxygen atoms in total. The zero-order valence-corrected chi connectivity index (χ0v) is 12.8. The average Bonchev–Trinajstić information content (AvgIpc) is 2.24. The summed E-state index contributed by atoms with van der Waals surface area (Å²) in [5, 5.41) is 0. The van der Waals surface area contributed by atoms with Crippen LogP contribution in [0.4, 0.5) is 0 Å². The zero-order chi connectivity index (χ0) is 12.0. The molecule has 0 saturated heterocycles. The third-order valence-electron chi connectivity index (χ3n) is 2.54. The standard InChI is InChI=1S/C14H23PSi/c1-5-6-12-15-14(16(2,3)4)13-10-8-7-9-11-13/h7-11H,5-6,12H2,1-4H3.